The van der Waals surface area contributed by atoms with E-state index in [0.717, 1.165) is 16.5 Å². The van der Waals surface area contributed by atoms with E-state index in [1.54, 1.807) is 30.3 Å². The Morgan fingerprint density at radius 1 is 0.568 bits per heavy atom. The summed E-state index contributed by atoms with van der Waals surface area (Å²) in [6.07, 6.45) is 3.57. The van der Waals surface area contributed by atoms with Crippen molar-refractivity contribution in [2.75, 3.05) is 9.80 Å². The van der Waals surface area contributed by atoms with Crippen molar-refractivity contribution in [3.05, 3.63) is 133 Å². The van der Waals surface area contributed by atoms with Crippen LogP contribution in [0.25, 0.3) is 22.5 Å². The van der Waals surface area contributed by atoms with Gasteiger partial charge in [-0.3, -0.25) is 19.4 Å². The van der Waals surface area contributed by atoms with Gasteiger partial charge in [0.1, 0.15) is 5.57 Å². The van der Waals surface area contributed by atoms with E-state index in [9.17, 15) is 9.59 Å². The van der Waals surface area contributed by atoms with E-state index in [-0.39, 0.29) is 10.7 Å². The Kier molecular flexibility index (Phi) is 5.71. The van der Waals surface area contributed by atoms with E-state index >= 15 is 0 Å². The summed E-state index contributed by atoms with van der Waals surface area (Å²) in [5.74, 6) is -0.917. The summed E-state index contributed by atoms with van der Waals surface area (Å²) in [5, 5.41) is 2.36. The Bertz CT molecular complexity index is 1630. The molecular formula is C31H21N3O2S. The zero-order valence-electron chi connectivity index (χ0n) is 19.7. The lowest BCUT2D eigenvalue weighted by atomic mass is 10.1. The quantitative estimate of drug-likeness (QED) is 0.164. The van der Waals surface area contributed by atoms with Gasteiger partial charge in [0.25, 0.3) is 11.8 Å². The zero-order chi connectivity index (χ0) is 25.4. The molecular weight excluding hydrogens is 478 g/mol. The number of fused-ring (bicyclic) bond motifs is 1. The van der Waals surface area contributed by atoms with Gasteiger partial charge in [0, 0.05) is 17.6 Å². The van der Waals surface area contributed by atoms with Gasteiger partial charge in [-0.1, -0.05) is 66.7 Å². The van der Waals surface area contributed by atoms with Gasteiger partial charge in [0.2, 0.25) is 0 Å². The lowest BCUT2D eigenvalue weighted by Gasteiger charge is -2.36. The minimum Gasteiger partial charge on any atom is -0.317 e. The molecule has 6 rings (SSSR count). The van der Waals surface area contributed by atoms with Gasteiger partial charge < -0.3 is 4.57 Å². The molecule has 0 saturated carbocycles. The van der Waals surface area contributed by atoms with Gasteiger partial charge in [-0.15, -0.1) is 0 Å². The SMILES string of the molecule is O=C1C(=Cc2cccn2-c2ccc3ccccc3c2)C(=O)N(c2ccccc2)C(=S)N1c1ccccc1. The molecule has 37 heavy (non-hydrogen) atoms. The summed E-state index contributed by atoms with van der Waals surface area (Å²) in [7, 11) is 0. The van der Waals surface area contributed by atoms with Crippen molar-refractivity contribution >= 4 is 57.4 Å². The van der Waals surface area contributed by atoms with Crippen LogP contribution in [0, 0.1) is 0 Å². The number of aromatic nitrogens is 1. The number of benzene rings is 4. The standard InChI is InChI=1S/C31H21N3O2S/c35-29-28(21-26-16-9-19-32(26)27-18-17-22-10-7-8-11-23(22)20-27)30(36)34(25-14-5-2-6-15-25)31(37)33(29)24-12-3-1-4-13-24/h1-21H. The first-order valence-electron chi connectivity index (χ1n) is 11.8. The van der Waals surface area contributed by atoms with Crippen LogP contribution >= 0.6 is 12.2 Å². The second-order valence-corrected chi connectivity index (χ2v) is 8.99. The fourth-order valence-corrected chi connectivity index (χ4v) is 4.94. The molecule has 0 N–H and O–H groups in total. The number of carbonyl (C=O) groups is 2. The summed E-state index contributed by atoms with van der Waals surface area (Å²) in [4.78, 5) is 30.4. The van der Waals surface area contributed by atoms with Gasteiger partial charge in [-0.25, -0.2) is 0 Å². The molecule has 1 saturated heterocycles. The number of nitrogens with zero attached hydrogens (tertiary/aromatic N) is 3. The Labute approximate surface area is 219 Å². The predicted molar refractivity (Wildman–Crippen MR) is 152 cm³/mol. The van der Waals surface area contributed by atoms with Gasteiger partial charge in [0.05, 0.1) is 11.4 Å². The van der Waals surface area contributed by atoms with Crippen molar-refractivity contribution in [3.63, 3.8) is 0 Å². The molecule has 1 aromatic heterocycles. The summed E-state index contributed by atoms with van der Waals surface area (Å²) in [6.45, 7) is 0. The van der Waals surface area contributed by atoms with Crippen LogP contribution in [-0.2, 0) is 9.59 Å². The van der Waals surface area contributed by atoms with E-state index in [4.69, 9.17) is 12.2 Å². The number of amides is 2. The monoisotopic (exact) mass is 499 g/mol. The molecule has 0 unspecified atom stereocenters. The lowest BCUT2D eigenvalue weighted by Crippen LogP contribution is -2.56. The smallest absolute Gasteiger partial charge is 0.270 e. The van der Waals surface area contributed by atoms with Crippen LogP contribution in [0.4, 0.5) is 11.4 Å². The van der Waals surface area contributed by atoms with Crippen LogP contribution in [-0.4, -0.2) is 21.5 Å². The van der Waals surface area contributed by atoms with E-state index in [0.29, 0.717) is 17.1 Å². The number of anilines is 2. The summed E-state index contributed by atoms with van der Waals surface area (Å²) >= 11 is 5.69. The number of thiocarbonyl (C=S) groups is 1. The van der Waals surface area contributed by atoms with E-state index in [1.807, 2.05) is 77.5 Å². The van der Waals surface area contributed by atoms with Crippen LogP contribution < -0.4 is 9.80 Å². The third kappa shape index (κ3) is 4.03. The van der Waals surface area contributed by atoms with Gasteiger partial charge in [-0.05, 0) is 77.6 Å². The molecule has 0 bridgehead atoms. The maximum absolute atomic E-state index is 13.8. The highest BCUT2D eigenvalue weighted by atomic mass is 32.1. The third-order valence-corrected chi connectivity index (χ3v) is 6.73. The number of hydrogen-bond acceptors (Lipinski definition) is 3. The van der Waals surface area contributed by atoms with E-state index in [1.165, 1.54) is 9.80 Å². The maximum atomic E-state index is 13.8. The lowest BCUT2D eigenvalue weighted by molar-refractivity contribution is -0.120. The van der Waals surface area contributed by atoms with Crippen molar-refractivity contribution in [2.45, 2.75) is 0 Å². The summed E-state index contributed by atoms with van der Waals surface area (Å²) < 4.78 is 1.96. The van der Waals surface area contributed by atoms with Gasteiger partial charge in [-0.2, -0.15) is 0 Å². The second-order valence-electron chi connectivity index (χ2n) is 8.63. The van der Waals surface area contributed by atoms with Crippen molar-refractivity contribution in [3.8, 4) is 5.69 Å². The minimum absolute atomic E-state index is 0.0297. The maximum Gasteiger partial charge on any atom is 0.270 e. The first kappa shape index (κ1) is 22.6. The molecule has 1 aliphatic heterocycles. The van der Waals surface area contributed by atoms with Gasteiger partial charge >= 0.3 is 0 Å². The molecule has 0 radical (unpaired) electrons. The van der Waals surface area contributed by atoms with Crippen LogP contribution in [0.1, 0.15) is 5.69 Å². The molecule has 178 valence electrons. The molecule has 2 heterocycles. The van der Waals surface area contributed by atoms with Crippen LogP contribution in [0.2, 0.25) is 0 Å². The third-order valence-electron chi connectivity index (χ3n) is 6.36. The Hall–Kier alpha value is -4.81. The number of para-hydroxylation sites is 2. The molecule has 0 spiro atoms. The number of rotatable bonds is 4. The largest absolute Gasteiger partial charge is 0.317 e. The Morgan fingerprint density at radius 3 is 1.76 bits per heavy atom. The molecule has 0 atom stereocenters. The number of hydrogen-bond donors (Lipinski definition) is 0. The first-order valence-corrected chi connectivity index (χ1v) is 12.2. The van der Waals surface area contributed by atoms with Crippen molar-refractivity contribution in [1.29, 1.82) is 0 Å². The van der Waals surface area contributed by atoms with Crippen molar-refractivity contribution in [1.82, 2.24) is 4.57 Å². The molecule has 6 heteroatoms. The van der Waals surface area contributed by atoms with Crippen LogP contribution in [0.15, 0.2) is 127 Å². The summed E-state index contributed by atoms with van der Waals surface area (Å²) in [6, 6.07) is 36.4. The Balaban J connectivity index is 1.48. The van der Waals surface area contributed by atoms with Crippen LogP contribution in [0.3, 0.4) is 0 Å². The van der Waals surface area contributed by atoms with Crippen molar-refractivity contribution < 1.29 is 9.59 Å². The second kappa shape index (κ2) is 9.33. The average Bonchev–Trinajstić information content (AvgIpc) is 3.40. The predicted octanol–water partition coefficient (Wildman–Crippen LogP) is 6.38. The fraction of sp³-hybridized carbons (Fsp3) is 0. The first-order chi connectivity index (χ1) is 18.1. The van der Waals surface area contributed by atoms with Crippen molar-refractivity contribution in [2.24, 2.45) is 0 Å². The van der Waals surface area contributed by atoms with Crippen LogP contribution in [0.5, 0.6) is 0 Å². The van der Waals surface area contributed by atoms with E-state index < -0.39 is 11.8 Å². The molecule has 0 aliphatic carbocycles. The van der Waals surface area contributed by atoms with Gasteiger partial charge in [0.15, 0.2) is 5.11 Å². The summed E-state index contributed by atoms with van der Waals surface area (Å²) in [5.41, 5.74) is 2.87. The fourth-order valence-electron chi connectivity index (χ4n) is 4.56. The number of carbonyl (C=O) groups excluding carboxylic acids is 2. The normalized spacial score (nSPS) is 13.9. The molecule has 5 nitrogen and oxygen atoms in total. The molecule has 4 aromatic carbocycles. The van der Waals surface area contributed by atoms with E-state index in [2.05, 4.69) is 24.3 Å². The highest BCUT2D eigenvalue weighted by Gasteiger charge is 2.41. The Morgan fingerprint density at radius 2 is 1.14 bits per heavy atom. The molecule has 1 aliphatic rings. The topological polar surface area (TPSA) is 45.6 Å². The zero-order valence-corrected chi connectivity index (χ0v) is 20.5. The molecule has 2 amide bonds. The average molecular weight is 500 g/mol. The highest BCUT2D eigenvalue weighted by molar-refractivity contribution is 7.81. The molecule has 5 aromatic rings. The molecule has 1 fully saturated rings. The highest BCUT2D eigenvalue weighted by Crippen LogP contribution is 2.30. The minimum atomic E-state index is -0.459.